The van der Waals surface area contributed by atoms with E-state index in [1.807, 2.05) is 0 Å². The van der Waals surface area contributed by atoms with Gasteiger partial charge in [0.05, 0.1) is 6.04 Å². The van der Waals surface area contributed by atoms with E-state index >= 15 is 0 Å². The van der Waals surface area contributed by atoms with Crippen LogP contribution in [0.15, 0.2) is 0 Å². The van der Waals surface area contributed by atoms with Crippen LogP contribution in [0.25, 0.3) is 0 Å². The Kier molecular flexibility index (Phi) is 4.60. The van der Waals surface area contributed by atoms with Crippen molar-refractivity contribution >= 4 is 0 Å². The molecule has 3 rings (SSSR count). The highest BCUT2D eigenvalue weighted by molar-refractivity contribution is 5.03. The minimum Gasteiger partial charge on any atom is -0.304 e. The van der Waals surface area contributed by atoms with Gasteiger partial charge in [-0.15, -0.1) is 0 Å². The predicted molar refractivity (Wildman–Crippen MR) is 84.2 cm³/mol. The number of fused-ring (bicyclic) bond motifs is 1. The summed E-state index contributed by atoms with van der Waals surface area (Å²) in [7, 11) is 0. The Bertz CT molecular complexity index is 459. The summed E-state index contributed by atoms with van der Waals surface area (Å²) in [6, 6.07) is 1.72. The Morgan fingerprint density at radius 2 is 1.95 bits per heavy atom. The molecule has 0 amide bonds. The van der Waals surface area contributed by atoms with Gasteiger partial charge in [0, 0.05) is 25.0 Å². The molecule has 2 aliphatic heterocycles. The van der Waals surface area contributed by atoms with Crippen molar-refractivity contribution in [2.75, 3.05) is 13.1 Å². The van der Waals surface area contributed by atoms with Gasteiger partial charge in [-0.05, 0) is 52.6 Å². The lowest BCUT2D eigenvalue weighted by Gasteiger charge is -2.37. The van der Waals surface area contributed by atoms with Gasteiger partial charge in [0.15, 0.2) is 5.82 Å². The lowest BCUT2D eigenvalue weighted by molar-refractivity contribution is 0.152. The van der Waals surface area contributed by atoms with Crippen molar-refractivity contribution in [3.8, 4) is 0 Å². The van der Waals surface area contributed by atoms with Gasteiger partial charge in [-0.2, -0.15) is 5.10 Å². The minimum absolute atomic E-state index is 0.405. The number of hydrogen-bond acceptors (Lipinski definition) is 4. The highest BCUT2D eigenvalue weighted by atomic mass is 15.4. The molecule has 0 aliphatic carbocycles. The fourth-order valence-electron chi connectivity index (χ4n) is 3.57. The van der Waals surface area contributed by atoms with Crippen LogP contribution in [-0.2, 0) is 13.0 Å². The van der Waals surface area contributed by atoms with E-state index in [-0.39, 0.29) is 0 Å². The van der Waals surface area contributed by atoms with Crippen molar-refractivity contribution in [1.29, 1.82) is 0 Å². The molecule has 0 bridgehead atoms. The second-order valence-electron chi connectivity index (χ2n) is 6.73. The molecule has 0 unspecified atom stereocenters. The largest absolute Gasteiger partial charge is 0.304 e. The summed E-state index contributed by atoms with van der Waals surface area (Å²) in [5.41, 5.74) is 0. The van der Waals surface area contributed by atoms with E-state index in [9.17, 15) is 0 Å². The third-order valence-electron chi connectivity index (χ3n) is 4.93. The molecule has 1 fully saturated rings. The summed E-state index contributed by atoms with van der Waals surface area (Å²) in [6.07, 6.45) is 5.85. The highest BCUT2D eigenvalue weighted by Crippen LogP contribution is 2.25. The van der Waals surface area contributed by atoms with Gasteiger partial charge in [-0.25, -0.2) is 9.67 Å². The third kappa shape index (κ3) is 3.29. The topological polar surface area (TPSA) is 46.0 Å². The Morgan fingerprint density at radius 1 is 1.19 bits per heavy atom. The van der Waals surface area contributed by atoms with Crippen molar-refractivity contribution in [3.63, 3.8) is 0 Å². The molecule has 1 atom stereocenters. The maximum absolute atomic E-state index is 4.74. The van der Waals surface area contributed by atoms with Gasteiger partial charge in [-0.3, -0.25) is 0 Å². The van der Waals surface area contributed by atoms with Crippen LogP contribution < -0.4 is 5.32 Å². The molecule has 5 nitrogen and oxygen atoms in total. The summed E-state index contributed by atoms with van der Waals surface area (Å²) < 4.78 is 2.13. The average Bonchev–Trinajstić information content (AvgIpc) is 2.92. The number of nitrogens with one attached hydrogen (secondary N) is 1. The third-order valence-corrected chi connectivity index (χ3v) is 4.93. The standard InChI is InChI=1S/C16H29N5/c1-4-15-18-16-14(6-5-9-21(16)19-15)17-13-7-10-20(11-8-13)12(2)3/h12-14,17H,4-11H2,1-3H3/t14-/m0/s1. The molecule has 1 aromatic rings. The first-order valence-electron chi connectivity index (χ1n) is 8.61. The van der Waals surface area contributed by atoms with Gasteiger partial charge in [-0.1, -0.05) is 6.92 Å². The maximum atomic E-state index is 4.74. The van der Waals surface area contributed by atoms with Crippen molar-refractivity contribution in [2.24, 2.45) is 0 Å². The van der Waals surface area contributed by atoms with Crippen LogP contribution in [0, 0.1) is 0 Å². The van der Waals surface area contributed by atoms with Crippen molar-refractivity contribution in [2.45, 2.75) is 77.5 Å². The van der Waals surface area contributed by atoms with Crippen LogP contribution in [0.5, 0.6) is 0 Å². The fourth-order valence-corrected chi connectivity index (χ4v) is 3.57. The summed E-state index contributed by atoms with van der Waals surface area (Å²) in [4.78, 5) is 7.32. The van der Waals surface area contributed by atoms with Crippen LogP contribution in [0.1, 0.15) is 64.1 Å². The Labute approximate surface area is 128 Å². The smallest absolute Gasteiger partial charge is 0.150 e. The quantitative estimate of drug-likeness (QED) is 0.923. The van der Waals surface area contributed by atoms with Crippen LogP contribution in [0.2, 0.25) is 0 Å². The number of aromatic nitrogens is 3. The Morgan fingerprint density at radius 3 is 2.62 bits per heavy atom. The first-order valence-corrected chi connectivity index (χ1v) is 8.61. The highest BCUT2D eigenvalue weighted by Gasteiger charge is 2.28. The van der Waals surface area contributed by atoms with E-state index in [1.165, 1.54) is 44.6 Å². The van der Waals surface area contributed by atoms with Crippen LogP contribution in [0.3, 0.4) is 0 Å². The maximum Gasteiger partial charge on any atom is 0.150 e. The second kappa shape index (κ2) is 6.44. The number of nitrogens with zero attached hydrogens (tertiary/aromatic N) is 4. The van der Waals surface area contributed by atoms with Gasteiger partial charge >= 0.3 is 0 Å². The van der Waals surface area contributed by atoms with Gasteiger partial charge < -0.3 is 10.2 Å². The first kappa shape index (κ1) is 15.0. The Hall–Kier alpha value is -0.940. The predicted octanol–water partition coefficient (Wildman–Crippen LogP) is 2.14. The molecule has 21 heavy (non-hydrogen) atoms. The monoisotopic (exact) mass is 291 g/mol. The SMILES string of the molecule is CCc1nc2n(n1)CCC[C@@H]2NC1CCN(C(C)C)CC1. The van der Waals surface area contributed by atoms with E-state index in [0.29, 0.717) is 18.1 Å². The molecule has 0 saturated carbocycles. The summed E-state index contributed by atoms with van der Waals surface area (Å²) in [5, 5.41) is 8.47. The van der Waals surface area contributed by atoms with Crippen molar-refractivity contribution in [1.82, 2.24) is 25.0 Å². The van der Waals surface area contributed by atoms with Crippen LogP contribution >= 0.6 is 0 Å². The molecule has 118 valence electrons. The lowest BCUT2D eigenvalue weighted by Crippen LogP contribution is -2.46. The second-order valence-corrected chi connectivity index (χ2v) is 6.73. The molecule has 1 N–H and O–H groups in total. The number of likely N-dealkylation sites (tertiary alicyclic amines) is 1. The Balaban J connectivity index is 1.61. The minimum atomic E-state index is 0.405. The molecular formula is C16H29N5. The number of piperidine rings is 1. The molecule has 0 spiro atoms. The van der Waals surface area contributed by atoms with E-state index in [4.69, 9.17) is 4.98 Å². The zero-order chi connectivity index (χ0) is 14.8. The molecule has 1 aromatic heterocycles. The number of aryl methyl sites for hydroxylation is 2. The zero-order valence-corrected chi connectivity index (χ0v) is 13.7. The summed E-state index contributed by atoms with van der Waals surface area (Å²) in [5.74, 6) is 2.16. The van der Waals surface area contributed by atoms with Gasteiger partial charge in [0.25, 0.3) is 0 Å². The number of rotatable bonds is 4. The molecule has 5 heteroatoms. The fraction of sp³-hybridized carbons (Fsp3) is 0.875. The first-order chi connectivity index (χ1) is 10.2. The normalized spacial score (nSPS) is 24.5. The summed E-state index contributed by atoms with van der Waals surface area (Å²) in [6.45, 7) is 10.2. The van der Waals surface area contributed by atoms with Crippen molar-refractivity contribution in [3.05, 3.63) is 11.6 Å². The lowest BCUT2D eigenvalue weighted by atomic mass is 10.00. The number of hydrogen-bond donors (Lipinski definition) is 1. The molecule has 0 radical (unpaired) electrons. The van der Waals surface area contributed by atoms with E-state index in [0.717, 1.165) is 18.8 Å². The molecule has 0 aromatic carbocycles. The van der Waals surface area contributed by atoms with E-state index in [1.54, 1.807) is 0 Å². The average molecular weight is 291 g/mol. The molecule has 3 heterocycles. The molecule has 2 aliphatic rings. The van der Waals surface area contributed by atoms with Gasteiger partial charge in [0.1, 0.15) is 5.82 Å². The summed E-state index contributed by atoms with van der Waals surface area (Å²) >= 11 is 0. The van der Waals surface area contributed by atoms with Crippen LogP contribution in [-0.4, -0.2) is 44.8 Å². The van der Waals surface area contributed by atoms with E-state index in [2.05, 4.69) is 40.8 Å². The molecule has 1 saturated heterocycles. The zero-order valence-electron chi connectivity index (χ0n) is 13.7. The van der Waals surface area contributed by atoms with Crippen molar-refractivity contribution < 1.29 is 0 Å². The van der Waals surface area contributed by atoms with Gasteiger partial charge in [0.2, 0.25) is 0 Å². The molecular weight excluding hydrogens is 262 g/mol. The van der Waals surface area contributed by atoms with E-state index < -0.39 is 0 Å². The van der Waals surface area contributed by atoms with Crippen LogP contribution in [0.4, 0.5) is 0 Å².